The van der Waals surface area contributed by atoms with E-state index < -0.39 is 0 Å². The molecule has 1 rings (SSSR count). The van der Waals surface area contributed by atoms with Crippen molar-refractivity contribution in [2.45, 2.75) is 52.0 Å². The lowest BCUT2D eigenvalue weighted by atomic mass is 9.69. The van der Waals surface area contributed by atoms with E-state index in [4.69, 9.17) is 0 Å². The largest absolute Gasteiger partial charge is 0.301 e. The second-order valence-corrected chi connectivity index (χ2v) is 5.85. The van der Waals surface area contributed by atoms with Crippen molar-refractivity contribution in [3.05, 3.63) is 0 Å². The maximum absolute atomic E-state index is 4.51. The second kappa shape index (κ2) is 4.44. The fourth-order valence-corrected chi connectivity index (χ4v) is 2.45. The first-order valence-electron chi connectivity index (χ1n) is 5.78. The molecule has 84 valence electrons. The molecule has 0 aromatic carbocycles. The highest BCUT2D eigenvalue weighted by Crippen LogP contribution is 2.43. The van der Waals surface area contributed by atoms with E-state index in [1.807, 2.05) is 0 Å². The van der Waals surface area contributed by atoms with Crippen LogP contribution in [0.4, 0.5) is 0 Å². The Morgan fingerprint density at radius 3 is 2.21 bits per heavy atom. The Morgan fingerprint density at radius 2 is 1.93 bits per heavy atom. The van der Waals surface area contributed by atoms with Crippen molar-refractivity contribution in [3.63, 3.8) is 0 Å². The van der Waals surface area contributed by atoms with E-state index in [-0.39, 0.29) is 0 Å². The first-order valence-corrected chi connectivity index (χ1v) is 6.41. The standard InChI is InChI=1S/C12H25NS/c1-5-11(2,3)13(4)9-12(10-14)7-6-8-12/h14H,5-10H2,1-4H3. The van der Waals surface area contributed by atoms with Gasteiger partial charge in [-0.1, -0.05) is 13.3 Å². The second-order valence-electron chi connectivity index (χ2n) is 5.53. The molecule has 0 aromatic heterocycles. The Morgan fingerprint density at radius 1 is 1.36 bits per heavy atom. The van der Waals surface area contributed by atoms with Crippen LogP contribution >= 0.6 is 12.6 Å². The summed E-state index contributed by atoms with van der Waals surface area (Å²) >= 11 is 4.51. The van der Waals surface area contributed by atoms with Crippen LogP contribution in [-0.4, -0.2) is 29.8 Å². The third-order valence-electron chi connectivity index (χ3n) is 4.22. The normalized spacial score (nSPS) is 21.0. The van der Waals surface area contributed by atoms with Crippen molar-refractivity contribution in [1.29, 1.82) is 0 Å². The highest BCUT2D eigenvalue weighted by Gasteiger charge is 2.38. The molecule has 1 aliphatic carbocycles. The van der Waals surface area contributed by atoms with Crippen LogP contribution in [0.25, 0.3) is 0 Å². The van der Waals surface area contributed by atoms with Crippen LogP contribution in [-0.2, 0) is 0 Å². The Kier molecular flexibility index (Phi) is 3.93. The van der Waals surface area contributed by atoms with E-state index in [2.05, 4.69) is 45.3 Å². The molecule has 0 atom stereocenters. The molecule has 0 saturated heterocycles. The summed E-state index contributed by atoms with van der Waals surface area (Å²) in [7, 11) is 2.26. The molecule has 0 amide bonds. The van der Waals surface area contributed by atoms with Gasteiger partial charge in [-0.2, -0.15) is 12.6 Å². The SMILES string of the molecule is CCC(C)(C)N(C)CC1(CS)CCC1. The summed E-state index contributed by atoms with van der Waals surface area (Å²) < 4.78 is 0. The van der Waals surface area contributed by atoms with Crippen LogP contribution in [0.15, 0.2) is 0 Å². The summed E-state index contributed by atoms with van der Waals surface area (Å²) in [4.78, 5) is 2.52. The van der Waals surface area contributed by atoms with E-state index in [0.717, 1.165) is 5.75 Å². The molecule has 0 N–H and O–H groups in total. The Hall–Kier alpha value is 0.310. The molecular weight excluding hydrogens is 190 g/mol. The zero-order chi connectivity index (χ0) is 10.8. The topological polar surface area (TPSA) is 3.24 Å². The summed E-state index contributed by atoms with van der Waals surface area (Å²) in [6, 6.07) is 0. The summed E-state index contributed by atoms with van der Waals surface area (Å²) in [5.41, 5.74) is 0.871. The first kappa shape index (κ1) is 12.4. The number of rotatable bonds is 5. The van der Waals surface area contributed by atoms with Gasteiger partial charge in [-0.3, -0.25) is 0 Å². The lowest BCUT2D eigenvalue weighted by Gasteiger charge is -2.47. The van der Waals surface area contributed by atoms with Gasteiger partial charge in [0, 0.05) is 12.1 Å². The van der Waals surface area contributed by atoms with Gasteiger partial charge >= 0.3 is 0 Å². The van der Waals surface area contributed by atoms with E-state index in [1.165, 1.54) is 32.2 Å². The highest BCUT2D eigenvalue weighted by atomic mass is 32.1. The predicted octanol–water partition coefficient (Wildman–Crippen LogP) is 3.21. The molecule has 1 saturated carbocycles. The molecule has 0 aliphatic heterocycles. The van der Waals surface area contributed by atoms with Gasteiger partial charge < -0.3 is 4.90 Å². The van der Waals surface area contributed by atoms with Crippen molar-refractivity contribution in [2.24, 2.45) is 5.41 Å². The number of hydrogen-bond acceptors (Lipinski definition) is 2. The Bertz CT molecular complexity index is 179. The molecule has 2 heteroatoms. The molecule has 0 spiro atoms. The molecule has 0 unspecified atom stereocenters. The lowest BCUT2D eigenvalue weighted by molar-refractivity contribution is 0.0473. The average Bonchev–Trinajstić information content (AvgIpc) is 2.10. The van der Waals surface area contributed by atoms with Gasteiger partial charge in [0.1, 0.15) is 0 Å². The highest BCUT2D eigenvalue weighted by molar-refractivity contribution is 7.80. The lowest BCUT2D eigenvalue weighted by Crippen LogP contribution is -2.49. The Labute approximate surface area is 94.7 Å². The summed E-state index contributed by atoms with van der Waals surface area (Å²) in [6.45, 7) is 8.15. The van der Waals surface area contributed by atoms with E-state index in [1.54, 1.807) is 0 Å². The van der Waals surface area contributed by atoms with E-state index >= 15 is 0 Å². The molecule has 0 aromatic rings. The minimum atomic E-state index is 0.339. The monoisotopic (exact) mass is 215 g/mol. The van der Waals surface area contributed by atoms with Crippen LogP contribution < -0.4 is 0 Å². The molecule has 1 aliphatic rings. The van der Waals surface area contributed by atoms with E-state index in [9.17, 15) is 0 Å². The van der Waals surface area contributed by atoms with Gasteiger partial charge in [-0.05, 0) is 51.3 Å². The quantitative estimate of drug-likeness (QED) is 0.689. The molecule has 0 heterocycles. The van der Waals surface area contributed by atoms with Gasteiger partial charge in [0.25, 0.3) is 0 Å². The molecule has 0 radical (unpaired) electrons. The van der Waals surface area contributed by atoms with Crippen molar-refractivity contribution >= 4 is 12.6 Å². The van der Waals surface area contributed by atoms with Crippen LogP contribution in [0.1, 0.15) is 46.5 Å². The van der Waals surface area contributed by atoms with Crippen LogP contribution in [0, 0.1) is 5.41 Å². The van der Waals surface area contributed by atoms with Gasteiger partial charge in [0.2, 0.25) is 0 Å². The molecule has 1 fully saturated rings. The van der Waals surface area contributed by atoms with Crippen LogP contribution in [0.2, 0.25) is 0 Å². The minimum absolute atomic E-state index is 0.339. The van der Waals surface area contributed by atoms with Crippen molar-refractivity contribution in [2.75, 3.05) is 19.3 Å². The van der Waals surface area contributed by atoms with Crippen LogP contribution in [0.5, 0.6) is 0 Å². The van der Waals surface area contributed by atoms with Gasteiger partial charge in [-0.15, -0.1) is 0 Å². The van der Waals surface area contributed by atoms with Gasteiger partial charge in [-0.25, -0.2) is 0 Å². The smallest absolute Gasteiger partial charge is 0.0147 e. The third-order valence-corrected chi connectivity index (χ3v) is 4.89. The maximum atomic E-state index is 4.51. The predicted molar refractivity (Wildman–Crippen MR) is 67.1 cm³/mol. The van der Waals surface area contributed by atoms with Crippen LogP contribution in [0.3, 0.4) is 0 Å². The van der Waals surface area contributed by atoms with Gasteiger partial charge in [0.15, 0.2) is 0 Å². The Balaban J connectivity index is 2.50. The number of hydrogen-bond donors (Lipinski definition) is 1. The maximum Gasteiger partial charge on any atom is 0.0147 e. The fourth-order valence-electron chi connectivity index (χ4n) is 2.03. The van der Waals surface area contributed by atoms with E-state index in [0.29, 0.717) is 11.0 Å². The number of nitrogens with zero attached hydrogens (tertiary/aromatic N) is 1. The molecule has 14 heavy (non-hydrogen) atoms. The molecular formula is C12H25NS. The summed E-state index contributed by atoms with van der Waals surface area (Å²) in [5.74, 6) is 1.05. The zero-order valence-corrected chi connectivity index (χ0v) is 11.0. The minimum Gasteiger partial charge on any atom is -0.301 e. The first-order chi connectivity index (χ1) is 6.46. The van der Waals surface area contributed by atoms with Crippen molar-refractivity contribution in [3.8, 4) is 0 Å². The third kappa shape index (κ3) is 2.46. The summed E-state index contributed by atoms with van der Waals surface area (Å²) in [6.07, 6.45) is 5.37. The van der Waals surface area contributed by atoms with Gasteiger partial charge in [0.05, 0.1) is 0 Å². The fraction of sp³-hybridized carbons (Fsp3) is 1.00. The van der Waals surface area contributed by atoms with Crippen molar-refractivity contribution < 1.29 is 0 Å². The summed E-state index contributed by atoms with van der Waals surface area (Å²) in [5, 5.41) is 0. The van der Waals surface area contributed by atoms with Crippen molar-refractivity contribution in [1.82, 2.24) is 4.90 Å². The number of thiol groups is 1. The molecule has 0 bridgehead atoms. The molecule has 1 nitrogen and oxygen atoms in total. The zero-order valence-electron chi connectivity index (χ0n) is 10.1. The average molecular weight is 215 g/mol.